The number of ether oxygens (including phenoxy) is 3. The number of likely N-dealkylation sites (tertiary alicyclic amines) is 1. The molecule has 0 atom stereocenters. The number of allylic oxidation sites excluding steroid dienone is 1. The first-order chi connectivity index (χ1) is 16.0. The summed E-state index contributed by atoms with van der Waals surface area (Å²) in [5, 5.41) is 0. The second-order valence-corrected chi connectivity index (χ2v) is 9.19. The molecule has 1 amide bonds. The molecule has 0 spiro atoms. The van der Waals surface area contributed by atoms with Crippen molar-refractivity contribution in [1.29, 1.82) is 0 Å². The van der Waals surface area contributed by atoms with Crippen LogP contribution in [0.4, 0.5) is 18.0 Å². The summed E-state index contributed by atoms with van der Waals surface area (Å²) in [6.45, 7) is 6.75. The van der Waals surface area contributed by atoms with Crippen LogP contribution in [0.25, 0.3) is 6.08 Å². The molecule has 1 fully saturated rings. The van der Waals surface area contributed by atoms with Crippen LogP contribution in [0, 0.1) is 5.92 Å². The second kappa shape index (κ2) is 10.8. The normalized spacial score (nSPS) is 15.4. The van der Waals surface area contributed by atoms with Crippen molar-refractivity contribution in [2.24, 2.45) is 5.92 Å². The van der Waals surface area contributed by atoms with Crippen molar-refractivity contribution in [3.63, 3.8) is 0 Å². The molecule has 2 aromatic carbocycles. The number of carbonyl (C=O) groups is 1. The number of rotatable bonds is 6. The SMILES string of the molecule is CC(C)(C)OC(=O)N1CCC(C=Cc2ccc(OCc3ccccc3)c(OC(F)(F)F)c2)CC1. The first-order valence-electron chi connectivity index (χ1n) is 11.2. The molecule has 0 saturated carbocycles. The molecule has 1 aliphatic rings. The third kappa shape index (κ3) is 8.32. The van der Waals surface area contributed by atoms with Gasteiger partial charge in [0, 0.05) is 13.1 Å². The van der Waals surface area contributed by atoms with Gasteiger partial charge in [-0.1, -0.05) is 48.6 Å². The van der Waals surface area contributed by atoms with E-state index in [-0.39, 0.29) is 30.1 Å². The number of amides is 1. The highest BCUT2D eigenvalue weighted by molar-refractivity contribution is 5.68. The molecule has 0 unspecified atom stereocenters. The van der Waals surface area contributed by atoms with E-state index < -0.39 is 12.0 Å². The molecular formula is C26H30F3NO4. The fourth-order valence-electron chi connectivity index (χ4n) is 3.54. The van der Waals surface area contributed by atoms with Gasteiger partial charge in [-0.3, -0.25) is 0 Å². The van der Waals surface area contributed by atoms with Crippen LogP contribution >= 0.6 is 0 Å². The monoisotopic (exact) mass is 477 g/mol. The molecule has 34 heavy (non-hydrogen) atoms. The fourth-order valence-corrected chi connectivity index (χ4v) is 3.54. The van der Waals surface area contributed by atoms with E-state index >= 15 is 0 Å². The van der Waals surface area contributed by atoms with E-state index in [2.05, 4.69) is 4.74 Å². The molecule has 2 aromatic rings. The minimum Gasteiger partial charge on any atom is -0.485 e. The van der Waals surface area contributed by atoms with E-state index in [9.17, 15) is 18.0 Å². The van der Waals surface area contributed by atoms with Crippen molar-refractivity contribution >= 4 is 12.2 Å². The van der Waals surface area contributed by atoms with E-state index in [0.29, 0.717) is 18.7 Å². The van der Waals surface area contributed by atoms with E-state index in [1.165, 1.54) is 12.1 Å². The van der Waals surface area contributed by atoms with Gasteiger partial charge in [-0.05, 0) is 62.8 Å². The maximum Gasteiger partial charge on any atom is 0.573 e. The van der Waals surface area contributed by atoms with Gasteiger partial charge in [-0.2, -0.15) is 0 Å². The maximum atomic E-state index is 13.0. The van der Waals surface area contributed by atoms with Crippen molar-refractivity contribution in [2.45, 2.75) is 52.2 Å². The van der Waals surface area contributed by atoms with Crippen LogP contribution in [0.15, 0.2) is 54.6 Å². The number of alkyl halides is 3. The zero-order valence-electron chi connectivity index (χ0n) is 19.6. The minimum absolute atomic E-state index is 0.0176. The number of piperidine rings is 1. The van der Waals surface area contributed by atoms with Crippen molar-refractivity contribution in [1.82, 2.24) is 4.90 Å². The van der Waals surface area contributed by atoms with Crippen LogP contribution in [-0.2, 0) is 11.3 Å². The zero-order chi connectivity index (χ0) is 24.8. The van der Waals surface area contributed by atoms with Crippen molar-refractivity contribution in [3.05, 3.63) is 65.7 Å². The topological polar surface area (TPSA) is 48.0 Å². The predicted octanol–water partition coefficient (Wildman–Crippen LogP) is 6.82. The lowest BCUT2D eigenvalue weighted by atomic mass is 9.96. The summed E-state index contributed by atoms with van der Waals surface area (Å²) in [4.78, 5) is 13.9. The molecule has 0 aliphatic carbocycles. The summed E-state index contributed by atoms with van der Waals surface area (Å²) < 4.78 is 54.1. The molecule has 8 heteroatoms. The van der Waals surface area contributed by atoms with Gasteiger partial charge in [-0.25, -0.2) is 4.79 Å². The molecule has 1 saturated heterocycles. The third-order valence-electron chi connectivity index (χ3n) is 5.18. The van der Waals surface area contributed by atoms with Gasteiger partial charge in [0.25, 0.3) is 0 Å². The van der Waals surface area contributed by atoms with Crippen LogP contribution in [0.1, 0.15) is 44.7 Å². The van der Waals surface area contributed by atoms with Gasteiger partial charge in [0.2, 0.25) is 0 Å². The second-order valence-electron chi connectivity index (χ2n) is 9.19. The molecule has 5 nitrogen and oxygen atoms in total. The Labute approximate surface area is 198 Å². The van der Waals surface area contributed by atoms with Crippen LogP contribution < -0.4 is 9.47 Å². The predicted molar refractivity (Wildman–Crippen MR) is 123 cm³/mol. The number of halogens is 3. The quantitative estimate of drug-likeness (QED) is 0.458. The van der Waals surface area contributed by atoms with Gasteiger partial charge in [0.1, 0.15) is 12.2 Å². The Bertz CT molecular complexity index is 976. The van der Waals surface area contributed by atoms with E-state index in [1.54, 1.807) is 17.0 Å². The Balaban J connectivity index is 1.63. The highest BCUT2D eigenvalue weighted by atomic mass is 19.4. The van der Waals surface area contributed by atoms with Crippen LogP contribution in [0.2, 0.25) is 0 Å². The summed E-state index contributed by atoms with van der Waals surface area (Å²) in [5.74, 6) is -0.158. The van der Waals surface area contributed by atoms with Gasteiger partial charge in [-0.15, -0.1) is 13.2 Å². The summed E-state index contributed by atoms with van der Waals surface area (Å²) >= 11 is 0. The molecule has 0 radical (unpaired) electrons. The summed E-state index contributed by atoms with van der Waals surface area (Å²) in [6, 6.07) is 13.7. The van der Waals surface area contributed by atoms with E-state index in [1.807, 2.05) is 57.2 Å². The molecular weight excluding hydrogens is 447 g/mol. The highest BCUT2D eigenvalue weighted by Crippen LogP contribution is 2.34. The number of benzene rings is 2. The Morgan fingerprint density at radius 2 is 1.71 bits per heavy atom. The number of carbonyl (C=O) groups excluding carboxylic acids is 1. The first kappa shape index (κ1) is 25.5. The largest absolute Gasteiger partial charge is 0.573 e. The van der Waals surface area contributed by atoms with E-state index in [4.69, 9.17) is 9.47 Å². The maximum absolute atomic E-state index is 13.0. The Hall–Kier alpha value is -3.16. The molecule has 0 bridgehead atoms. The lowest BCUT2D eigenvalue weighted by Crippen LogP contribution is -2.41. The number of hydrogen-bond donors (Lipinski definition) is 0. The summed E-state index contributed by atoms with van der Waals surface area (Å²) in [7, 11) is 0. The average molecular weight is 478 g/mol. The van der Waals surface area contributed by atoms with Crippen LogP contribution in [-0.4, -0.2) is 36.0 Å². The third-order valence-corrected chi connectivity index (χ3v) is 5.18. The van der Waals surface area contributed by atoms with Crippen molar-refractivity contribution < 1.29 is 32.2 Å². The molecule has 0 aromatic heterocycles. The number of nitrogens with zero attached hydrogens (tertiary/aromatic N) is 1. The Morgan fingerprint density at radius 1 is 1.03 bits per heavy atom. The minimum atomic E-state index is -4.83. The van der Waals surface area contributed by atoms with Crippen LogP contribution in [0.5, 0.6) is 11.5 Å². The van der Waals surface area contributed by atoms with Gasteiger partial charge >= 0.3 is 12.5 Å². The molecule has 1 heterocycles. The molecule has 3 rings (SSSR count). The first-order valence-corrected chi connectivity index (χ1v) is 11.2. The zero-order valence-corrected chi connectivity index (χ0v) is 19.6. The Morgan fingerprint density at radius 3 is 2.32 bits per heavy atom. The van der Waals surface area contributed by atoms with Crippen molar-refractivity contribution in [3.8, 4) is 11.5 Å². The van der Waals surface area contributed by atoms with Crippen LogP contribution in [0.3, 0.4) is 0 Å². The van der Waals surface area contributed by atoms with Gasteiger partial charge < -0.3 is 19.1 Å². The average Bonchev–Trinajstić information content (AvgIpc) is 2.76. The summed E-state index contributed by atoms with van der Waals surface area (Å²) in [5.41, 5.74) is 0.865. The van der Waals surface area contributed by atoms with E-state index in [0.717, 1.165) is 18.4 Å². The van der Waals surface area contributed by atoms with Gasteiger partial charge in [0.15, 0.2) is 11.5 Å². The smallest absolute Gasteiger partial charge is 0.485 e. The van der Waals surface area contributed by atoms with Crippen molar-refractivity contribution in [2.75, 3.05) is 13.1 Å². The summed E-state index contributed by atoms with van der Waals surface area (Å²) in [6.07, 6.45) is 0.0818. The molecule has 184 valence electrons. The molecule has 0 N–H and O–H groups in total. The lowest BCUT2D eigenvalue weighted by Gasteiger charge is -2.32. The Kier molecular flexibility index (Phi) is 8.12. The van der Waals surface area contributed by atoms with Gasteiger partial charge in [0.05, 0.1) is 0 Å². The standard InChI is InChI=1S/C26H30F3NO4/c1-25(2,3)34-24(31)30-15-13-19(14-16-30)9-10-20-11-12-22(23(17-20)33-26(27,28)29)32-18-21-7-5-4-6-8-21/h4-12,17,19H,13-16,18H2,1-3H3. The lowest BCUT2D eigenvalue weighted by molar-refractivity contribution is -0.275. The fraction of sp³-hybridized carbons (Fsp3) is 0.423. The molecule has 1 aliphatic heterocycles. The highest BCUT2D eigenvalue weighted by Gasteiger charge is 2.32. The number of hydrogen-bond acceptors (Lipinski definition) is 4.